The molecule has 11 nitrogen and oxygen atoms in total. The van der Waals surface area contributed by atoms with E-state index in [0.29, 0.717) is 22.8 Å². The first-order valence-corrected chi connectivity index (χ1v) is 19.4. The smallest absolute Gasteiger partial charge is 0.372 e. The first-order chi connectivity index (χ1) is 31.8. The van der Waals surface area contributed by atoms with Gasteiger partial charge in [-0.15, -0.1) is 0 Å². The normalized spacial score (nSPS) is 11.7. The van der Waals surface area contributed by atoms with Crippen LogP contribution in [0.3, 0.4) is 0 Å². The minimum atomic E-state index is -1.44. The maximum atomic E-state index is 14.8. The minimum Gasteiger partial charge on any atom is -0.422 e. The van der Waals surface area contributed by atoms with E-state index in [9.17, 15) is 47.7 Å². The molecule has 0 spiro atoms. The van der Waals surface area contributed by atoms with E-state index in [2.05, 4.69) is 0 Å². The van der Waals surface area contributed by atoms with Crippen LogP contribution in [-0.2, 0) is 23.9 Å². The van der Waals surface area contributed by atoms with Crippen LogP contribution < -0.4 is 14.2 Å². The molecule has 0 N–H and O–H groups in total. The van der Waals surface area contributed by atoms with Crippen molar-refractivity contribution in [1.29, 1.82) is 10.5 Å². The molecule has 0 fully saturated rings. The predicted molar refractivity (Wildman–Crippen MR) is 235 cm³/mol. The summed E-state index contributed by atoms with van der Waals surface area (Å²) in [6.45, 7) is 1.47. The molecule has 0 radical (unpaired) electrons. The summed E-state index contributed by atoms with van der Waals surface area (Å²) in [5.41, 5.74) is -0.0608. The number of halogens is 3. The Bertz CT molecular complexity index is 3070. The van der Waals surface area contributed by atoms with Crippen LogP contribution in [0.5, 0.6) is 17.2 Å². The molecule has 0 bridgehead atoms. The molecule has 0 atom stereocenters. The Kier molecular flexibility index (Phi) is 15.1. The third-order valence-corrected chi connectivity index (χ3v) is 9.08. The van der Waals surface area contributed by atoms with Crippen molar-refractivity contribution in [3.63, 3.8) is 0 Å². The fraction of sp³-hybridized carbons (Fsp3) is 0.0192. The molecule has 0 aliphatic heterocycles. The predicted octanol–water partition coefficient (Wildman–Crippen LogP) is 10.4. The molecule has 0 heterocycles. The van der Waals surface area contributed by atoms with Gasteiger partial charge < -0.3 is 18.9 Å². The van der Waals surface area contributed by atoms with Crippen molar-refractivity contribution in [3.8, 4) is 40.5 Å². The van der Waals surface area contributed by atoms with Gasteiger partial charge in [-0.2, -0.15) is 14.9 Å². The highest BCUT2D eigenvalue weighted by Gasteiger charge is 2.24. The number of rotatable bonds is 13. The molecule has 6 rings (SSSR count). The second-order valence-electron chi connectivity index (χ2n) is 13.8. The van der Waals surface area contributed by atoms with Crippen molar-refractivity contribution >= 4 is 54.2 Å². The van der Waals surface area contributed by atoms with Crippen LogP contribution in [0.1, 0.15) is 39.5 Å². The fourth-order valence-electron chi connectivity index (χ4n) is 5.88. The second kappa shape index (κ2) is 21.6. The average molecular weight is 885 g/mol. The summed E-state index contributed by atoms with van der Waals surface area (Å²) in [5, 5.41) is 19.6. The zero-order valence-electron chi connectivity index (χ0n) is 34.4. The van der Waals surface area contributed by atoms with E-state index in [1.54, 1.807) is 72.8 Å². The van der Waals surface area contributed by atoms with Crippen LogP contribution >= 0.6 is 0 Å². The number of ether oxygens (including phenoxy) is 4. The summed E-state index contributed by atoms with van der Waals surface area (Å²) in [4.78, 5) is 65.2. The maximum absolute atomic E-state index is 14.8. The third kappa shape index (κ3) is 12.4. The van der Waals surface area contributed by atoms with Crippen molar-refractivity contribution in [2.45, 2.75) is 6.92 Å². The fourth-order valence-corrected chi connectivity index (χ4v) is 5.88. The van der Waals surface area contributed by atoms with Gasteiger partial charge in [0.05, 0.1) is 0 Å². The summed E-state index contributed by atoms with van der Waals surface area (Å²) in [6.07, 6.45) is 4.77. The van der Waals surface area contributed by atoms with Crippen LogP contribution in [-0.4, -0.2) is 29.8 Å². The van der Waals surface area contributed by atoms with E-state index in [-0.39, 0.29) is 39.5 Å². The first kappa shape index (κ1) is 46.1. The molecular weight excluding hydrogens is 854 g/mol. The highest BCUT2D eigenvalue weighted by atomic mass is 19.1. The van der Waals surface area contributed by atoms with Gasteiger partial charge in [-0.25, -0.2) is 32.8 Å². The number of esters is 5. The highest BCUT2D eigenvalue weighted by Crippen LogP contribution is 2.31. The molecule has 0 aromatic heterocycles. The van der Waals surface area contributed by atoms with Crippen molar-refractivity contribution in [2.75, 3.05) is 0 Å². The van der Waals surface area contributed by atoms with E-state index >= 15 is 0 Å². The largest absolute Gasteiger partial charge is 0.422 e. The lowest BCUT2D eigenvalue weighted by molar-refractivity contribution is -0.133. The summed E-state index contributed by atoms with van der Waals surface area (Å²) in [6, 6.07) is 37.7. The molecule has 66 heavy (non-hydrogen) atoms. The molecule has 0 amide bonds. The molecule has 6 aromatic rings. The van der Waals surface area contributed by atoms with Crippen molar-refractivity contribution in [3.05, 3.63) is 208 Å². The van der Waals surface area contributed by atoms with Crippen LogP contribution in [0.15, 0.2) is 168 Å². The first-order valence-electron chi connectivity index (χ1n) is 19.4. The molecule has 14 heteroatoms. The summed E-state index contributed by atoms with van der Waals surface area (Å²) in [7, 11) is 0. The Labute approximate surface area is 374 Å². The van der Waals surface area contributed by atoms with Crippen molar-refractivity contribution < 1.29 is 56.1 Å². The van der Waals surface area contributed by atoms with Gasteiger partial charge in [0.25, 0.3) is 0 Å². The Hall–Kier alpha value is -9.40. The van der Waals surface area contributed by atoms with Gasteiger partial charge in [-0.1, -0.05) is 91.0 Å². The molecule has 0 aliphatic rings. The van der Waals surface area contributed by atoms with Gasteiger partial charge >= 0.3 is 29.8 Å². The quantitative estimate of drug-likeness (QED) is 0.0355. The Morgan fingerprint density at radius 2 is 1.12 bits per heavy atom. The lowest BCUT2D eigenvalue weighted by Crippen LogP contribution is -2.17. The molecule has 0 aliphatic carbocycles. The zero-order valence-corrected chi connectivity index (χ0v) is 34.4. The van der Waals surface area contributed by atoms with Gasteiger partial charge in [0.2, 0.25) is 5.83 Å². The van der Waals surface area contributed by atoms with Gasteiger partial charge in [-0.05, 0) is 108 Å². The van der Waals surface area contributed by atoms with Gasteiger partial charge in [-0.3, -0.25) is 0 Å². The number of carbonyl (C=O) groups excluding carboxylic acids is 5. The number of hydrogen-bond acceptors (Lipinski definition) is 11. The van der Waals surface area contributed by atoms with Gasteiger partial charge in [0.1, 0.15) is 57.7 Å². The average Bonchev–Trinajstić information content (AvgIpc) is 3.31. The number of nitriles is 2. The summed E-state index contributed by atoms with van der Waals surface area (Å²) in [5.74, 6) is -9.48. The Morgan fingerprint density at radius 1 is 0.530 bits per heavy atom. The molecule has 0 saturated heterocycles. The summed E-state index contributed by atoms with van der Waals surface area (Å²) < 4.78 is 63.8. The Morgan fingerprint density at radius 3 is 1.77 bits per heavy atom. The SMILES string of the molecule is CC(=Cc1ccccc1)C(=O)Oc1ccc(-c2ccc(F)cc2F)cc1C(=O)OC(=O)C(C#N)=Cc1cccc(OC(=O)C(C#N)=Cc2ccc(OC(=O)C(F)=Cc3ccccc3)cc2)c1. The highest BCUT2D eigenvalue weighted by molar-refractivity contribution is 6.08. The second-order valence-corrected chi connectivity index (χ2v) is 13.8. The molecular formula is C52H31F3N2O9. The number of carbonyl (C=O) groups is 5. The Balaban J connectivity index is 1.15. The van der Waals surface area contributed by atoms with E-state index < -0.39 is 64.0 Å². The molecule has 6 aromatic carbocycles. The van der Waals surface area contributed by atoms with Crippen molar-refractivity contribution in [2.24, 2.45) is 0 Å². The molecule has 0 saturated carbocycles. The molecule has 324 valence electrons. The van der Waals surface area contributed by atoms with E-state index in [1.807, 2.05) is 0 Å². The van der Waals surface area contributed by atoms with Crippen LogP contribution in [0.4, 0.5) is 13.2 Å². The minimum absolute atomic E-state index is 0.00871. The standard InChI is InChI=1S/C52H31F3N2O9/c1-32(23-33-9-4-2-5-10-33)48(58)65-47-22-17-37(43-21-18-40(53)29-45(43)54)28-44(47)51(61)66-50(60)39(31-57)25-36-13-8-14-42(26-36)64-49(59)38(30-56)24-35-15-19-41(20-16-35)63-52(62)46(55)27-34-11-6-3-7-12-34/h2-29H,1H3. The lowest BCUT2D eigenvalue weighted by atomic mass is 10.0. The molecule has 0 unspecified atom stereocenters. The monoisotopic (exact) mass is 884 g/mol. The van der Waals surface area contributed by atoms with Crippen LogP contribution in [0, 0.1) is 34.3 Å². The van der Waals surface area contributed by atoms with Gasteiger partial charge in [0, 0.05) is 17.2 Å². The maximum Gasteiger partial charge on any atom is 0.372 e. The van der Waals surface area contributed by atoms with Crippen LogP contribution in [0.25, 0.3) is 35.4 Å². The van der Waals surface area contributed by atoms with Crippen molar-refractivity contribution in [1.82, 2.24) is 0 Å². The number of hydrogen-bond donors (Lipinski definition) is 0. The van der Waals surface area contributed by atoms with E-state index in [4.69, 9.17) is 18.9 Å². The zero-order chi connectivity index (χ0) is 47.2. The topological polar surface area (TPSA) is 170 Å². The van der Waals surface area contributed by atoms with E-state index in [1.165, 1.54) is 79.7 Å². The third-order valence-electron chi connectivity index (χ3n) is 9.08. The number of benzene rings is 6. The van der Waals surface area contributed by atoms with E-state index in [0.717, 1.165) is 30.4 Å². The lowest BCUT2D eigenvalue weighted by Gasteiger charge is -2.12. The number of nitrogens with zero attached hydrogens (tertiary/aromatic N) is 2. The van der Waals surface area contributed by atoms with Crippen LogP contribution in [0.2, 0.25) is 0 Å². The van der Waals surface area contributed by atoms with Gasteiger partial charge in [0.15, 0.2) is 0 Å². The summed E-state index contributed by atoms with van der Waals surface area (Å²) >= 11 is 0.